The predicted octanol–water partition coefficient (Wildman–Crippen LogP) is 3.59. The van der Waals surface area contributed by atoms with Crippen LogP contribution < -0.4 is 15.4 Å². The van der Waals surface area contributed by atoms with Gasteiger partial charge in [-0.3, -0.25) is 0 Å². The normalized spacial score (nSPS) is 12.0. The summed E-state index contributed by atoms with van der Waals surface area (Å²) >= 11 is 5.37. The van der Waals surface area contributed by atoms with Crippen molar-refractivity contribution >= 4 is 39.0 Å². The van der Waals surface area contributed by atoms with Crippen molar-refractivity contribution in [1.82, 2.24) is 15.3 Å². The largest absolute Gasteiger partial charge is 0.360 e. The zero-order valence-corrected chi connectivity index (χ0v) is 18.1. The number of aromatic nitrogens is 2. The molecule has 0 aliphatic rings. The molecule has 9 heteroatoms. The number of anilines is 2. The van der Waals surface area contributed by atoms with E-state index in [1.165, 1.54) is 30.1 Å². The second-order valence-corrected chi connectivity index (χ2v) is 8.82. The fourth-order valence-electron chi connectivity index (χ4n) is 2.74. The van der Waals surface area contributed by atoms with Gasteiger partial charge in [-0.05, 0) is 67.9 Å². The van der Waals surface area contributed by atoms with E-state index in [1.54, 1.807) is 18.2 Å². The van der Waals surface area contributed by atoms with Crippen LogP contribution in [0.5, 0.6) is 0 Å². The van der Waals surface area contributed by atoms with Crippen LogP contribution in [0.1, 0.15) is 18.9 Å². The van der Waals surface area contributed by atoms with Crippen LogP contribution in [0.4, 0.5) is 11.6 Å². The second-order valence-electron chi connectivity index (χ2n) is 6.73. The molecule has 0 aliphatic heterocycles. The molecule has 1 atom stereocenters. The van der Waals surface area contributed by atoms with E-state index in [4.69, 9.17) is 12.2 Å². The molecule has 3 rings (SSSR count). The Kier molecular flexibility index (Phi) is 7.31. The zero-order valence-electron chi connectivity index (χ0n) is 16.4. The third-order valence-electron chi connectivity index (χ3n) is 4.30. The molecule has 0 aliphatic carbocycles. The van der Waals surface area contributed by atoms with Gasteiger partial charge in [-0.2, -0.15) is 0 Å². The van der Waals surface area contributed by atoms with Crippen LogP contribution in [0.15, 0.2) is 78.0 Å². The van der Waals surface area contributed by atoms with Gasteiger partial charge in [0.1, 0.15) is 0 Å². The SMILES string of the molecule is CC(CCc1ccccc1)NC(=S)Nc1ccc(S(=O)(=O)Nc2ncccn2)cc1. The molecule has 0 radical (unpaired) electrons. The zero-order chi connectivity index (χ0) is 21.4. The minimum absolute atomic E-state index is 0.0227. The third kappa shape index (κ3) is 6.50. The van der Waals surface area contributed by atoms with Crippen molar-refractivity contribution in [3.8, 4) is 0 Å². The summed E-state index contributed by atoms with van der Waals surface area (Å²) in [5.74, 6) is 0.0227. The lowest BCUT2D eigenvalue weighted by molar-refractivity contribution is 0.601. The molecule has 0 fully saturated rings. The second kappa shape index (κ2) is 10.1. The molecule has 2 aromatic carbocycles. The van der Waals surface area contributed by atoms with Gasteiger partial charge in [-0.15, -0.1) is 0 Å². The lowest BCUT2D eigenvalue weighted by atomic mass is 10.1. The molecular formula is C21H23N5O2S2. The molecular weight excluding hydrogens is 418 g/mol. The van der Waals surface area contributed by atoms with Gasteiger partial charge in [0.15, 0.2) is 5.11 Å². The van der Waals surface area contributed by atoms with E-state index >= 15 is 0 Å². The van der Waals surface area contributed by atoms with E-state index in [-0.39, 0.29) is 16.9 Å². The van der Waals surface area contributed by atoms with E-state index in [0.717, 1.165) is 12.8 Å². The summed E-state index contributed by atoms with van der Waals surface area (Å²) in [5, 5.41) is 6.82. The van der Waals surface area contributed by atoms with Crippen molar-refractivity contribution in [2.45, 2.75) is 30.7 Å². The molecule has 0 amide bonds. The highest BCUT2D eigenvalue weighted by atomic mass is 32.2. The van der Waals surface area contributed by atoms with Gasteiger partial charge in [-0.25, -0.2) is 23.1 Å². The van der Waals surface area contributed by atoms with Crippen molar-refractivity contribution in [2.75, 3.05) is 10.0 Å². The molecule has 3 aromatic rings. The third-order valence-corrected chi connectivity index (χ3v) is 5.86. The first-order valence-electron chi connectivity index (χ1n) is 9.44. The Morgan fingerprint density at radius 1 is 1.00 bits per heavy atom. The molecule has 3 N–H and O–H groups in total. The number of benzene rings is 2. The van der Waals surface area contributed by atoms with Crippen LogP contribution in [-0.2, 0) is 16.4 Å². The number of sulfonamides is 1. The van der Waals surface area contributed by atoms with Crippen molar-refractivity contribution in [3.05, 3.63) is 78.6 Å². The fraction of sp³-hybridized carbons (Fsp3) is 0.190. The Morgan fingerprint density at radius 3 is 2.33 bits per heavy atom. The number of rotatable bonds is 8. The average Bonchev–Trinajstić information content (AvgIpc) is 2.74. The highest BCUT2D eigenvalue weighted by molar-refractivity contribution is 7.92. The lowest BCUT2D eigenvalue weighted by Gasteiger charge is -2.17. The van der Waals surface area contributed by atoms with E-state index < -0.39 is 10.0 Å². The Labute approximate surface area is 182 Å². The molecule has 0 spiro atoms. The van der Waals surface area contributed by atoms with Gasteiger partial charge in [0.2, 0.25) is 5.95 Å². The number of thiocarbonyl (C=S) groups is 1. The van der Waals surface area contributed by atoms with Crippen molar-refractivity contribution < 1.29 is 8.42 Å². The van der Waals surface area contributed by atoms with Gasteiger partial charge in [-0.1, -0.05) is 30.3 Å². The Hall–Kier alpha value is -3.04. The molecule has 0 saturated carbocycles. The standard InChI is InChI=1S/C21H23N5O2S2/c1-16(8-9-17-6-3-2-4-7-17)24-21(29)25-18-10-12-19(13-11-18)30(27,28)26-20-22-14-5-15-23-20/h2-7,10-16H,8-9H2,1H3,(H,22,23,26)(H2,24,25,29). The smallest absolute Gasteiger partial charge is 0.264 e. The average molecular weight is 442 g/mol. The number of aryl methyl sites for hydroxylation is 1. The molecule has 156 valence electrons. The van der Waals surface area contributed by atoms with Crippen LogP contribution in [-0.4, -0.2) is 29.5 Å². The Bertz CT molecular complexity index is 1060. The summed E-state index contributed by atoms with van der Waals surface area (Å²) < 4.78 is 27.2. The Morgan fingerprint density at radius 2 is 1.67 bits per heavy atom. The summed E-state index contributed by atoms with van der Waals surface area (Å²) in [4.78, 5) is 7.85. The molecule has 1 aromatic heterocycles. The molecule has 1 heterocycles. The monoisotopic (exact) mass is 441 g/mol. The minimum atomic E-state index is -3.76. The number of hydrogen-bond donors (Lipinski definition) is 3. The number of nitrogens with zero attached hydrogens (tertiary/aromatic N) is 2. The first-order valence-corrected chi connectivity index (χ1v) is 11.3. The van der Waals surface area contributed by atoms with E-state index in [2.05, 4.69) is 44.4 Å². The minimum Gasteiger partial charge on any atom is -0.360 e. The summed E-state index contributed by atoms with van der Waals surface area (Å²) in [5.41, 5.74) is 1.98. The van der Waals surface area contributed by atoms with Crippen LogP contribution in [0.3, 0.4) is 0 Å². The molecule has 0 bridgehead atoms. The number of nitrogens with one attached hydrogen (secondary N) is 3. The van der Waals surface area contributed by atoms with Gasteiger partial charge >= 0.3 is 0 Å². The van der Waals surface area contributed by atoms with E-state index in [9.17, 15) is 8.42 Å². The molecule has 0 saturated heterocycles. The molecule has 1 unspecified atom stereocenters. The van der Waals surface area contributed by atoms with Crippen LogP contribution in [0, 0.1) is 0 Å². The highest BCUT2D eigenvalue weighted by Gasteiger charge is 2.15. The van der Waals surface area contributed by atoms with Crippen LogP contribution >= 0.6 is 12.2 Å². The fourth-order valence-corrected chi connectivity index (χ4v) is 4.02. The van der Waals surface area contributed by atoms with Gasteiger partial charge in [0.25, 0.3) is 10.0 Å². The first-order chi connectivity index (χ1) is 14.4. The topological polar surface area (TPSA) is 96.0 Å². The van der Waals surface area contributed by atoms with Gasteiger partial charge in [0, 0.05) is 24.1 Å². The molecule has 30 heavy (non-hydrogen) atoms. The predicted molar refractivity (Wildman–Crippen MR) is 123 cm³/mol. The lowest BCUT2D eigenvalue weighted by Crippen LogP contribution is -2.36. The molecule has 7 nitrogen and oxygen atoms in total. The summed E-state index contributed by atoms with van der Waals surface area (Å²) in [6, 6.07) is 18.4. The highest BCUT2D eigenvalue weighted by Crippen LogP contribution is 2.16. The maximum absolute atomic E-state index is 12.4. The Balaban J connectivity index is 1.51. The maximum atomic E-state index is 12.4. The number of hydrogen-bond acceptors (Lipinski definition) is 5. The summed E-state index contributed by atoms with van der Waals surface area (Å²) in [7, 11) is -3.76. The maximum Gasteiger partial charge on any atom is 0.264 e. The van der Waals surface area contributed by atoms with Gasteiger partial charge < -0.3 is 10.6 Å². The van der Waals surface area contributed by atoms with Crippen molar-refractivity contribution in [1.29, 1.82) is 0 Å². The van der Waals surface area contributed by atoms with Gasteiger partial charge in [0.05, 0.1) is 4.90 Å². The van der Waals surface area contributed by atoms with E-state index in [0.29, 0.717) is 10.8 Å². The summed E-state index contributed by atoms with van der Waals surface area (Å²) in [6.07, 6.45) is 4.83. The summed E-state index contributed by atoms with van der Waals surface area (Å²) in [6.45, 7) is 2.07. The van der Waals surface area contributed by atoms with Crippen molar-refractivity contribution in [3.63, 3.8) is 0 Å². The van der Waals surface area contributed by atoms with E-state index in [1.807, 2.05) is 18.2 Å². The quantitative estimate of drug-likeness (QED) is 0.460. The van der Waals surface area contributed by atoms with Crippen LogP contribution in [0.25, 0.3) is 0 Å². The van der Waals surface area contributed by atoms with Crippen molar-refractivity contribution in [2.24, 2.45) is 0 Å². The first kappa shape index (κ1) is 21.7. The van der Waals surface area contributed by atoms with Crippen LogP contribution in [0.2, 0.25) is 0 Å².